The van der Waals surface area contributed by atoms with E-state index >= 15 is 0 Å². The average Bonchev–Trinajstić information content (AvgIpc) is 2.97. The fourth-order valence-corrected chi connectivity index (χ4v) is 2.73. The van der Waals surface area contributed by atoms with Crippen LogP contribution in [0.1, 0.15) is 30.4 Å². The first kappa shape index (κ1) is 10.2. The predicted molar refractivity (Wildman–Crippen MR) is 65.0 cm³/mol. The highest BCUT2D eigenvalue weighted by atomic mass is 16.5. The summed E-state index contributed by atoms with van der Waals surface area (Å²) < 4.78 is 5.85. The van der Waals surface area contributed by atoms with Crippen molar-refractivity contribution in [2.75, 3.05) is 13.2 Å². The Morgan fingerprint density at radius 3 is 3.00 bits per heavy atom. The largest absolute Gasteiger partial charge is 0.492 e. The first-order valence-electron chi connectivity index (χ1n) is 6.40. The third-order valence-corrected chi connectivity index (χ3v) is 3.68. The van der Waals surface area contributed by atoms with Gasteiger partial charge < -0.3 is 10.1 Å². The maximum atomic E-state index is 5.85. The number of hydrogen-bond donors (Lipinski definition) is 1. The highest BCUT2D eigenvalue weighted by Gasteiger charge is 2.15. The lowest BCUT2D eigenvalue weighted by atomic mass is 10.1. The van der Waals surface area contributed by atoms with Crippen molar-refractivity contribution in [2.24, 2.45) is 0 Å². The minimum absolute atomic E-state index is 0.563. The first-order chi connectivity index (χ1) is 7.92. The van der Waals surface area contributed by atoms with E-state index in [0.29, 0.717) is 6.04 Å². The van der Waals surface area contributed by atoms with E-state index in [-0.39, 0.29) is 0 Å². The van der Waals surface area contributed by atoms with Gasteiger partial charge >= 0.3 is 0 Å². The number of rotatable bonds is 3. The number of fused-ring (bicyclic) bond motifs is 1. The predicted octanol–water partition coefficient (Wildman–Crippen LogP) is 2.31. The molecule has 0 saturated carbocycles. The molecule has 0 aromatic heterocycles. The molecule has 16 heavy (non-hydrogen) atoms. The summed E-state index contributed by atoms with van der Waals surface area (Å²) >= 11 is 0. The standard InChI is InChI=1S/C14H19NO/c1-3-11-6-7-14(9-12(11)4-1)16-10-13-5-2-8-15-13/h6-7,9,13,15H,1-5,8,10H2/t13-/m1/s1. The molecule has 1 atom stereocenters. The van der Waals surface area contributed by atoms with E-state index in [1.165, 1.54) is 43.2 Å². The zero-order valence-electron chi connectivity index (χ0n) is 9.67. The zero-order valence-corrected chi connectivity index (χ0v) is 9.67. The SMILES string of the molecule is c1cc2c(cc1OC[C@H]1CCCN1)CCC2. The molecule has 0 unspecified atom stereocenters. The molecule has 1 N–H and O–H groups in total. The number of benzene rings is 1. The van der Waals surface area contributed by atoms with Crippen LogP contribution in [0.5, 0.6) is 5.75 Å². The van der Waals surface area contributed by atoms with E-state index in [0.717, 1.165) is 18.9 Å². The van der Waals surface area contributed by atoms with Crippen LogP contribution in [0.25, 0.3) is 0 Å². The fourth-order valence-electron chi connectivity index (χ4n) is 2.73. The molecule has 1 heterocycles. The molecule has 2 heteroatoms. The van der Waals surface area contributed by atoms with Crippen molar-refractivity contribution in [2.45, 2.75) is 38.1 Å². The van der Waals surface area contributed by atoms with Gasteiger partial charge in [0, 0.05) is 6.04 Å². The lowest BCUT2D eigenvalue weighted by Crippen LogP contribution is -2.28. The molecule has 1 aliphatic carbocycles. The highest BCUT2D eigenvalue weighted by Crippen LogP contribution is 2.26. The second-order valence-electron chi connectivity index (χ2n) is 4.89. The molecule has 0 bridgehead atoms. The fraction of sp³-hybridized carbons (Fsp3) is 0.571. The summed E-state index contributed by atoms with van der Waals surface area (Å²) in [5.41, 5.74) is 3.02. The van der Waals surface area contributed by atoms with E-state index < -0.39 is 0 Å². The minimum Gasteiger partial charge on any atom is -0.492 e. The molecule has 2 aliphatic rings. The topological polar surface area (TPSA) is 21.3 Å². The summed E-state index contributed by atoms with van der Waals surface area (Å²) in [6, 6.07) is 7.16. The van der Waals surface area contributed by atoms with E-state index in [9.17, 15) is 0 Å². The van der Waals surface area contributed by atoms with Crippen LogP contribution in [0.2, 0.25) is 0 Å². The Kier molecular flexibility index (Phi) is 2.83. The number of hydrogen-bond acceptors (Lipinski definition) is 2. The quantitative estimate of drug-likeness (QED) is 0.839. The van der Waals surface area contributed by atoms with Crippen LogP contribution in [-0.2, 0) is 12.8 Å². The van der Waals surface area contributed by atoms with Gasteiger partial charge in [-0.05, 0) is 61.9 Å². The van der Waals surface area contributed by atoms with Gasteiger partial charge in [-0.2, -0.15) is 0 Å². The van der Waals surface area contributed by atoms with Gasteiger partial charge in [-0.3, -0.25) is 0 Å². The van der Waals surface area contributed by atoms with Crippen molar-refractivity contribution in [3.63, 3.8) is 0 Å². The molecule has 1 aromatic rings. The lowest BCUT2D eigenvalue weighted by Gasteiger charge is -2.12. The Bertz CT molecular complexity index is 369. The van der Waals surface area contributed by atoms with E-state index in [1.807, 2.05) is 0 Å². The molecule has 0 radical (unpaired) electrons. The van der Waals surface area contributed by atoms with Crippen LogP contribution < -0.4 is 10.1 Å². The molecule has 1 aliphatic heterocycles. The smallest absolute Gasteiger partial charge is 0.119 e. The summed E-state index contributed by atoms with van der Waals surface area (Å²) in [6.45, 7) is 1.97. The lowest BCUT2D eigenvalue weighted by molar-refractivity contribution is 0.277. The molecule has 0 amide bonds. The van der Waals surface area contributed by atoms with Crippen LogP contribution in [-0.4, -0.2) is 19.2 Å². The van der Waals surface area contributed by atoms with Crippen molar-refractivity contribution in [1.82, 2.24) is 5.32 Å². The molecule has 86 valence electrons. The van der Waals surface area contributed by atoms with Gasteiger partial charge in [-0.15, -0.1) is 0 Å². The zero-order chi connectivity index (χ0) is 10.8. The minimum atomic E-state index is 0.563. The first-order valence-corrected chi connectivity index (χ1v) is 6.40. The summed E-state index contributed by atoms with van der Waals surface area (Å²) in [5.74, 6) is 1.05. The maximum Gasteiger partial charge on any atom is 0.119 e. The van der Waals surface area contributed by atoms with Gasteiger partial charge in [0.15, 0.2) is 0 Å². The molecule has 1 saturated heterocycles. The normalized spacial score (nSPS) is 23.4. The van der Waals surface area contributed by atoms with Crippen molar-refractivity contribution in [3.8, 4) is 5.75 Å². The molecule has 1 aromatic carbocycles. The summed E-state index contributed by atoms with van der Waals surface area (Å²) in [7, 11) is 0. The van der Waals surface area contributed by atoms with Gasteiger partial charge in [0.25, 0.3) is 0 Å². The Morgan fingerprint density at radius 2 is 2.12 bits per heavy atom. The van der Waals surface area contributed by atoms with E-state index in [4.69, 9.17) is 4.74 Å². The van der Waals surface area contributed by atoms with Gasteiger partial charge in [-0.25, -0.2) is 0 Å². The molecular weight excluding hydrogens is 198 g/mol. The van der Waals surface area contributed by atoms with Crippen LogP contribution >= 0.6 is 0 Å². The highest BCUT2D eigenvalue weighted by molar-refractivity contribution is 5.38. The summed E-state index contributed by atoms with van der Waals surface area (Å²) in [5, 5.41) is 3.45. The van der Waals surface area contributed by atoms with Crippen molar-refractivity contribution < 1.29 is 4.74 Å². The number of aryl methyl sites for hydroxylation is 2. The van der Waals surface area contributed by atoms with Gasteiger partial charge in [0.05, 0.1) is 0 Å². The second-order valence-corrected chi connectivity index (χ2v) is 4.89. The van der Waals surface area contributed by atoms with E-state index in [1.54, 1.807) is 0 Å². The Morgan fingerprint density at radius 1 is 1.19 bits per heavy atom. The molecule has 1 fully saturated rings. The van der Waals surface area contributed by atoms with Crippen LogP contribution in [0.15, 0.2) is 18.2 Å². The van der Waals surface area contributed by atoms with Crippen molar-refractivity contribution >= 4 is 0 Å². The second kappa shape index (κ2) is 4.46. The van der Waals surface area contributed by atoms with Crippen LogP contribution in [0.4, 0.5) is 0 Å². The van der Waals surface area contributed by atoms with Crippen molar-refractivity contribution in [3.05, 3.63) is 29.3 Å². The summed E-state index contributed by atoms with van der Waals surface area (Å²) in [4.78, 5) is 0. The van der Waals surface area contributed by atoms with E-state index in [2.05, 4.69) is 23.5 Å². The number of ether oxygens (including phenoxy) is 1. The average molecular weight is 217 g/mol. The van der Waals surface area contributed by atoms with Crippen LogP contribution in [0.3, 0.4) is 0 Å². The van der Waals surface area contributed by atoms with Gasteiger partial charge in [-0.1, -0.05) is 6.07 Å². The number of nitrogens with one attached hydrogen (secondary N) is 1. The van der Waals surface area contributed by atoms with Crippen LogP contribution in [0, 0.1) is 0 Å². The molecule has 3 rings (SSSR count). The molecular formula is C14H19NO. The molecule has 0 spiro atoms. The Labute approximate surface area is 97.0 Å². The summed E-state index contributed by atoms with van der Waals surface area (Å²) in [6.07, 6.45) is 6.33. The Balaban J connectivity index is 1.61. The Hall–Kier alpha value is -1.02. The maximum absolute atomic E-state index is 5.85. The third-order valence-electron chi connectivity index (χ3n) is 3.68. The monoisotopic (exact) mass is 217 g/mol. The van der Waals surface area contributed by atoms with Gasteiger partial charge in [0.2, 0.25) is 0 Å². The third kappa shape index (κ3) is 2.07. The van der Waals surface area contributed by atoms with Crippen molar-refractivity contribution in [1.29, 1.82) is 0 Å². The molecule has 2 nitrogen and oxygen atoms in total. The van der Waals surface area contributed by atoms with Gasteiger partial charge in [0.1, 0.15) is 12.4 Å².